The summed E-state index contributed by atoms with van der Waals surface area (Å²) in [4.78, 5) is 28.9. The lowest BCUT2D eigenvalue weighted by Gasteiger charge is -2.27. The molecule has 0 fully saturated rings. The Hall–Kier alpha value is -2.89. The van der Waals surface area contributed by atoms with E-state index in [-0.39, 0.29) is 11.4 Å². The summed E-state index contributed by atoms with van der Waals surface area (Å²) in [6, 6.07) is 9.08. The molecule has 0 spiro atoms. The van der Waals surface area contributed by atoms with Gasteiger partial charge in [0.25, 0.3) is 5.91 Å². The first-order valence-corrected chi connectivity index (χ1v) is 7.58. The number of nitrogens with one attached hydrogen (secondary N) is 1. The monoisotopic (exact) mass is 326 g/mol. The molecular formula is C18H18N2O4. The minimum absolute atomic E-state index is 0.111. The Bertz CT molecular complexity index is 791. The number of amides is 1. The van der Waals surface area contributed by atoms with Crippen LogP contribution in [0.15, 0.2) is 36.5 Å². The average molecular weight is 326 g/mol. The molecule has 1 aliphatic rings. The first kappa shape index (κ1) is 16.0. The highest BCUT2D eigenvalue weighted by Gasteiger charge is 2.46. The maximum Gasteiger partial charge on any atom is 0.332 e. The summed E-state index contributed by atoms with van der Waals surface area (Å²) in [7, 11) is 1.29. The van der Waals surface area contributed by atoms with E-state index in [2.05, 4.69) is 10.3 Å². The molecule has 0 atom stereocenters. The summed E-state index contributed by atoms with van der Waals surface area (Å²) in [6.07, 6.45) is 2.17. The highest BCUT2D eigenvalue weighted by molar-refractivity contribution is 5.99. The fraction of sp³-hybridized carbons (Fsp3) is 0.278. The highest BCUT2D eigenvalue weighted by atomic mass is 16.5. The lowest BCUT2D eigenvalue weighted by atomic mass is 9.95. The summed E-state index contributed by atoms with van der Waals surface area (Å²) in [5.74, 6) is -1.34. The van der Waals surface area contributed by atoms with Crippen molar-refractivity contribution in [2.75, 3.05) is 7.11 Å². The van der Waals surface area contributed by atoms with Gasteiger partial charge in [-0.3, -0.25) is 4.79 Å². The molecule has 0 aliphatic heterocycles. The van der Waals surface area contributed by atoms with Crippen LogP contribution >= 0.6 is 0 Å². The third kappa shape index (κ3) is 2.71. The number of hydrogen-bond donors (Lipinski definition) is 2. The molecule has 1 amide bonds. The van der Waals surface area contributed by atoms with Crippen molar-refractivity contribution in [1.82, 2.24) is 10.3 Å². The summed E-state index contributed by atoms with van der Waals surface area (Å²) in [6.45, 7) is 1.76. The van der Waals surface area contributed by atoms with Gasteiger partial charge >= 0.3 is 5.97 Å². The minimum atomic E-state index is -1.19. The van der Waals surface area contributed by atoms with Gasteiger partial charge in [-0.15, -0.1) is 0 Å². The second-order valence-corrected chi connectivity index (χ2v) is 6.03. The SMILES string of the molecule is COC(=O)C1(NC(=O)c2ncc(C)cc2O)Cc2ccccc2C1. The van der Waals surface area contributed by atoms with E-state index in [0.29, 0.717) is 12.8 Å². The number of aromatic hydroxyl groups is 1. The van der Waals surface area contributed by atoms with Crippen LogP contribution in [0.2, 0.25) is 0 Å². The molecule has 1 aliphatic carbocycles. The Balaban J connectivity index is 1.92. The van der Waals surface area contributed by atoms with Crippen LogP contribution in [0.1, 0.15) is 27.2 Å². The highest BCUT2D eigenvalue weighted by Crippen LogP contribution is 2.31. The number of nitrogens with zero attached hydrogens (tertiary/aromatic N) is 1. The predicted molar refractivity (Wildman–Crippen MR) is 86.7 cm³/mol. The quantitative estimate of drug-likeness (QED) is 0.835. The van der Waals surface area contributed by atoms with Crippen molar-refractivity contribution in [2.24, 2.45) is 0 Å². The lowest BCUT2D eigenvalue weighted by molar-refractivity contribution is -0.147. The van der Waals surface area contributed by atoms with Gasteiger partial charge < -0.3 is 15.2 Å². The van der Waals surface area contributed by atoms with Crippen LogP contribution in [-0.4, -0.2) is 34.6 Å². The van der Waals surface area contributed by atoms with Crippen LogP contribution in [0.25, 0.3) is 0 Å². The zero-order valence-corrected chi connectivity index (χ0v) is 13.5. The fourth-order valence-corrected chi connectivity index (χ4v) is 3.10. The Labute approximate surface area is 139 Å². The van der Waals surface area contributed by atoms with Crippen molar-refractivity contribution in [3.8, 4) is 5.75 Å². The molecule has 0 saturated carbocycles. The Morgan fingerprint density at radius 3 is 2.42 bits per heavy atom. The number of rotatable bonds is 3. The van der Waals surface area contributed by atoms with E-state index in [4.69, 9.17) is 4.74 Å². The molecule has 1 heterocycles. The second kappa shape index (κ2) is 5.96. The number of carbonyl (C=O) groups is 2. The van der Waals surface area contributed by atoms with E-state index in [0.717, 1.165) is 16.7 Å². The molecule has 2 aromatic rings. The zero-order valence-electron chi connectivity index (χ0n) is 13.5. The van der Waals surface area contributed by atoms with Crippen molar-refractivity contribution < 1.29 is 19.4 Å². The molecule has 24 heavy (non-hydrogen) atoms. The number of esters is 1. The van der Waals surface area contributed by atoms with Crippen LogP contribution < -0.4 is 5.32 Å². The molecule has 0 unspecified atom stereocenters. The molecule has 0 bridgehead atoms. The topological polar surface area (TPSA) is 88.5 Å². The van der Waals surface area contributed by atoms with Crippen molar-refractivity contribution in [1.29, 1.82) is 0 Å². The Kier molecular flexibility index (Phi) is 3.97. The maximum absolute atomic E-state index is 12.6. The van der Waals surface area contributed by atoms with Gasteiger partial charge in [0, 0.05) is 19.0 Å². The molecule has 1 aromatic carbocycles. The number of benzene rings is 1. The number of fused-ring (bicyclic) bond motifs is 1. The van der Waals surface area contributed by atoms with Crippen LogP contribution in [0, 0.1) is 6.92 Å². The number of aryl methyl sites for hydroxylation is 1. The number of aromatic nitrogens is 1. The average Bonchev–Trinajstić information content (AvgIpc) is 2.93. The van der Waals surface area contributed by atoms with Gasteiger partial charge in [0.15, 0.2) is 5.69 Å². The van der Waals surface area contributed by atoms with Gasteiger partial charge in [-0.2, -0.15) is 0 Å². The first-order valence-electron chi connectivity index (χ1n) is 7.58. The third-order valence-electron chi connectivity index (χ3n) is 4.25. The zero-order chi connectivity index (χ0) is 17.3. The number of carbonyl (C=O) groups excluding carboxylic acids is 2. The number of ether oxygens (including phenoxy) is 1. The molecule has 1 aromatic heterocycles. The normalized spacial score (nSPS) is 14.8. The molecular weight excluding hydrogens is 308 g/mol. The number of hydrogen-bond acceptors (Lipinski definition) is 5. The summed E-state index contributed by atoms with van der Waals surface area (Å²) in [5.41, 5.74) is 1.42. The second-order valence-electron chi connectivity index (χ2n) is 6.03. The molecule has 3 rings (SSSR count). The van der Waals surface area contributed by atoms with Gasteiger partial charge in [-0.1, -0.05) is 24.3 Å². The standard InChI is InChI=1S/C18H18N2O4/c1-11-7-14(21)15(19-10-11)16(22)20-18(17(23)24-2)8-12-5-3-4-6-13(12)9-18/h3-7,10,21H,8-9H2,1-2H3,(H,20,22). The predicted octanol–water partition coefficient (Wildman–Crippen LogP) is 1.54. The van der Waals surface area contributed by atoms with Crippen molar-refractivity contribution in [2.45, 2.75) is 25.3 Å². The van der Waals surface area contributed by atoms with Gasteiger partial charge in [-0.25, -0.2) is 9.78 Å². The summed E-state index contributed by atoms with van der Waals surface area (Å²) >= 11 is 0. The molecule has 6 heteroatoms. The molecule has 0 saturated heterocycles. The number of methoxy groups -OCH3 is 1. The van der Waals surface area contributed by atoms with E-state index in [1.807, 2.05) is 24.3 Å². The number of pyridine rings is 1. The molecule has 2 N–H and O–H groups in total. The summed E-state index contributed by atoms with van der Waals surface area (Å²) < 4.78 is 4.92. The van der Waals surface area contributed by atoms with E-state index >= 15 is 0 Å². The third-order valence-corrected chi connectivity index (χ3v) is 4.25. The minimum Gasteiger partial charge on any atom is -0.505 e. The van der Waals surface area contributed by atoms with E-state index in [1.165, 1.54) is 19.4 Å². The van der Waals surface area contributed by atoms with Gasteiger partial charge in [-0.05, 0) is 29.7 Å². The van der Waals surface area contributed by atoms with Crippen LogP contribution in [0.5, 0.6) is 5.75 Å². The van der Waals surface area contributed by atoms with Crippen LogP contribution in [0.4, 0.5) is 0 Å². The molecule has 0 radical (unpaired) electrons. The Morgan fingerprint density at radius 1 is 1.25 bits per heavy atom. The van der Waals surface area contributed by atoms with E-state index in [9.17, 15) is 14.7 Å². The Morgan fingerprint density at radius 2 is 1.88 bits per heavy atom. The summed E-state index contributed by atoms with van der Waals surface area (Å²) in [5, 5.41) is 12.7. The molecule has 124 valence electrons. The lowest BCUT2D eigenvalue weighted by Crippen LogP contribution is -2.56. The van der Waals surface area contributed by atoms with Crippen LogP contribution in [-0.2, 0) is 22.4 Å². The van der Waals surface area contributed by atoms with E-state index in [1.54, 1.807) is 6.92 Å². The smallest absolute Gasteiger partial charge is 0.332 e. The largest absolute Gasteiger partial charge is 0.505 e. The molecule has 6 nitrogen and oxygen atoms in total. The van der Waals surface area contributed by atoms with E-state index < -0.39 is 17.4 Å². The maximum atomic E-state index is 12.6. The van der Waals surface area contributed by atoms with Gasteiger partial charge in [0.05, 0.1) is 7.11 Å². The fourth-order valence-electron chi connectivity index (χ4n) is 3.10. The van der Waals surface area contributed by atoms with Crippen molar-refractivity contribution >= 4 is 11.9 Å². The van der Waals surface area contributed by atoms with Gasteiger partial charge in [0.2, 0.25) is 0 Å². The van der Waals surface area contributed by atoms with Gasteiger partial charge in [0.1, 0.15) is 11.3 Å². The van der Waals surface area contributed by atoms with Crippen LogP contribution in [0.3, 0.4) is 0 Å². The van der Waals surface area contributed by atoms with Crippen molar-refractivity contribution in [3.63, 3.8) is 0 Å². The van der Waals surface area contributed by atoms with Crippen molar-refractivity contribution in [3.05, 3.63) is 58.9 Å². The first-order chi connectivity index (χ1) is 11.4.